The molecule has 4 rings (SSSR count). The molecule has 0 radical (unpaired) electrons. The van der Waals surface area contributed by atoms with Gasteiger partial charge in [-0.25, -0.2) is 0 Å². The number of benzene rings is 2. The lowest BCUT2D eigenvalue weighted by atomic mass is 9.84. The summed E-state index contributed by atoms with van der Waals surface area (Å²) in [4.78, 5) is 2.47. The van der Waals surface area contributed by atoms with Crippen LogP contribution >= 0.6 is 11.8 Å². The van der Waals surface area contributed by atoms with Gasteiger partial charge in [0.15, 0.2) is 0 Å². The molecule has 0 bridgehead atoms. The lowest BCUT2D eigenvalue weighted by Gasteiger charge is -2.38. The van der Waals surface area contributed by atoms with Gasteiger partial charge in [-0.05, 0) is 56.6 Å². The van der Waals surface area contributed by atoms with E-state index in [1.807, 2.05) is 0 Å². The zero-order valence-corrected chi connectivity index (χ0v) is 14.2. The average molecular weight is 309 g/mol. The second-order valence-electron chi connectivity index (χ2n) is 6.80. The topological polar surface area (TPSA) is 3.24 Å². The molecule has 2 heterocycles. The molecule has 0 N–H and O–H groups in total. The van der Waals surface area contributed by atoms with Crippen molar-refractivity contribution in [1.82, 2.24) is 4.90 Å². The number of nitrogens with zero attached hydrogens (tertiary/aromatic N) is 1. The van der Waals surface area contributed by atoms with Gasteiger partial charge in [-0.15, -0.1) is 11.8 Å². The summed E-state index contributed by atoms with van der Waals surface area (Å²) in [5.74, 6) is 0. The molecule has 1 nitrogen and oxygen atoms in total. The first-order chi connectivity index (χ1) is 10.7. The molecular formula is C20H23NS. The minimum absolute atomic E-state index is 0.331. The predicted octanol–water partition coefficient (Wildman–Crippen LogP) is 4.75. The summed E-state index contributed by atoms with van der Waals surface area (Å²) in [6, 6.07) is 18.2. The summed E-state index contributed by atoms with van der Waals surface area (Å²) in [7, 11) is 2.25. The van der Waals surface area contributed by atoms with E-state index >= 15 is 0 Å². The van der Waals surface area contributed by atoms with Gasteiger partial charge >= 0.3 is 0 Å². The van der Waals surface area contributed by atoms with Crippen LogP contribution in [0.1, 0.15) is 40.3 Å². The quantitative estimate of drug-likeness (QED) is 0.747. The van der Waals surface area contributed by atoms with Crippen molar-refractivity contribution in [1.29, 1.82) is 0 Å². The summed E-state index contributed by atoms with van der Waals surface area (Å²) in [5, 5.41) is 0.500. The van der Waals surface area contributed by atoms with Crippen LogP contribution < -0.4 is 0 Å². The largest absolute Gasteiger partial charge is 0.306 e. The Hall–Kier alpha value is -1.25. The van der Waals surface area contributed by atoms with E-state index in [1.165, 1.54) is 37.1 Å². The molecule has 0 aromatic heterocycles. The first-order valence-electron chi connectivity index (χ1n) is 8.20. The molecule has 1 spiro atoms. The zero-order chi connectivity index (χ0) is 15.2. The molecule has 1 atom stereocenters. The zero-order valence-electron chi connectivity index (χ0n) is 13.4. The van der Waals surface area contributed by atoms with Gasteiger partial charge < -0.3 is 4.90 Å². The Labute approximate surface area is 137 Å². The standard InChI is InChI=1S/C20H23NS/c1-15-6-5-7-16(14-15)19-17-8-3-4-9-18(17)20(22-19)10-12-21(2)13-11-20/h3-9,14,19H,10-13H2,1-2H3. The second kappa shape index (κ2) is 5.43. The number of piperidine rings is 1. The van der Waals surface area contributed by atoms with Crippen LogP contribution in [0.5, 0.6) is 0 Å². The minimum atomic E-state index is 0.331. The summed E-state index contributed by atoms with van der Waals surface area (Å²) in [6.07, 6.45) is 2.54. The third-order valence-corrected chi connectivity index (χ3v) is 7.06. The van der Waals surface area contributed by atoms with E-state index in [-0.39, 0.29) is 0 Å². The van der Waals surface area contributed by atoms with Crippen molar-refractivity contribution < 1.29 is 0 Å². The third kappa shape index (κ3) is 2.29. The van der Waals surface area contributed by atoms with E-state index in [2.05, 4.69) is 79.2 Å². The second-order valence-corrected chi connectivity index (χ2v) is 8.29. The molecule has 0 aliphatic carbocycles. The first-order valence-corrected chi connectivity index (χ1v) is 9.08. The maximum atomic E-state index is 2.47. The van der Waals surface area contributed by atoms with Crippen LogP contribution in [0, 0.1) is 6.92 Å². The molecule has 2 aromatic rings. The molecular weight excluding hydrogens is 286 g/mol. The molecule has 22 heavy (non-hydrogen) atoms. The van der Waals surface area contributed by atoms with Gasteiger partial charge in [-0.2, -0.15) is 0 Å². The minimum Gasteiger partial charge on any atom is -0.306 e. The smallest absolute Gasteiger partial charge is 0.0558 e. The summed E-state index contributed by atoms with van der Waals surface area (Å²) >= 11 is 2.20. The monoisotopic (exact) mass is 309 g/mol. The Balaban J connectivity index is 1.77. The number of hydrogen-bond acceptors (Lipinski definition) is 2. The van der Waals surface area contributed by atoms with Crippen LogP contribution in [0.2, 0.25) is 0 Å². The molecule has 0 saturated carbocycles. The first kappa shape index (κ1) is 14.3. The Bertz CT molecular complexity index is 686. The van der Waals surface area contributed by atoms with Crippen LogP contribution in [0.15, 0.2) is 48.5 Å². The van der Waals surface area contributed by atoms with Gasteiger partial charge in [0.2, 0.25) is 0 Å². The highest BCUT2D eigenvalue weighted by Gasteiger charge is 2.45. The van der Waals surface area contributed by atoms with Crippen molar-refractivity contribution in [2.24, 2.45) is 0 Å². The van der Waals surface area contributed by atoms with Crippen LogP contribution in [0.4, 0.5) is 0 Å². The highest BCUT2D eigenvalue weighted by atomic mass is 32.2. The van der Waals surface area contributed by atoms with Gasteiger partial charge in [0.1, 0.15) is 0 Å². The van der Waals surface area contributed by atoms with Crippen molar-refractivity contribution >= 4 is 11.8 Å². The van der Waals surface area contributed by atoms with Crippen molar-refractivity contribution in [3.8, 4) is 0 Å². The van der Waals surface area contributed by atoms with Gasteiger partial charge in [0.25, 0.3) is 0 Å². The summed E-state index contributed by atoms with van der Waals surface area (Å²) in [5.41, 5.74) is 5.97. The van der Waals surface area contributed by atoms with E-state index < -0.39 is 0 Å². The molecule has 114 valence electrons. The van der Waals surface area contributed by atoms with Crippen molar-refractivity contribution in [2.45, 2.75) is 29.8 Å². The molecule has 1 saturated heterocycles. The predicted molar refractivity (Wildman–Crippen MR) is 95.5 cm³/mol. The SMILES string of the molecule is Cc1cccc(C2SC3(CCN(C)CC3)c3ccccc32)c1. The lowest BCUT2D eigenvalue weighted by molar-refractivity contribution is 0.241. The number of thioether (sulfide) groups is 1. The fourth-order valence-corrected chi connectivity index (χ4v) is 5.74. The normalized spacial score (nSPS) is 23.6. The van der Waals surface area contributed by atoms with Crippen LogP contribution in [-0.4, -0.2) is 25.0 Å². The maximum Gasteiger partial charge on any atom is 0.0558 e. The fraction of sp³-hybridized carbons (Fsp3) is 0.400. The van der Waals surface area contributed by atoms with E-state index in [0.29, 0.717) is 10.00 Å². The molecule has 2 aliphatic heterocycles. The third-order valence-electron chi connectivity index (χ3n) is 5.22. The highest BCUT2D eigenvalue weighted by molar-refractivity contribution is 8.01. The number of fused-ring (bicyclic) bond motifs is 2. The van der Waals surface area contributed by atoms with Crippen LogP contribution in [-0.2, 0) is 4.75 Å². The van der Waals surface area contributed by atoms with Gasteiger partial charge in [-0.3, -0.25) is 0 Å². The Morgan fingerprint density at radius 1 is 1.05 bits per heavy atom. The maximum absolute atomic E-state index is 2.47. The molecule has 2 aromatic carbocycles. The Morgan fingerprint density at radius 2 is 1.82 bits per heavy atom. The molecule has 1 unspecified atom stereocenters. The van der Waals surface area contributed by atoms with Crippen molar-refractivity contribution in [3.05, 3.63) is 70.8 Å². The lowest BCUT2D eigenvalue weighted by Crippen LogP contribution is -2.37. The number of hydrogen-bond donors (Lipinski definition) is 0. The van der Waals surface area contributed by atoms with Crippen molar-refractivity contribution in [2.75, 3.05) is 20.1 Å². The molecule has 2 heteroatoms. The van der Waals surface area contributed by atoms with Gasteiger partial charge in [0.05, 0.1) is 5.25 Å². The number of likely N-dealkylation sites (tertiary alicyclic amines) is 1. The van der Waals surface area contributed by atoms with Gasteiger partial charge in [-0.1, -0.05) is 54.1 Å². The fourth-order valence-electron chi connectivity index (χ4n) is 3.94. The van der Waals surface area contributed by atoms with Crippen molar-refractivity contribution in [3.63, 3.8) is 0 Å². The van der Waals surface area contributed by atoms with E-state index in [9.17, 15) is 0 Å². The van der Waals surface area contributed by atoms with E-state index in [0.717, 1.165) is 0 Å². The highest BCUT2D eigenvalue weighted by Crippen LogP contribution is 2.61. The molecule has 1 fully saturated rings. The number of rotatable bonds is 1. The molecule has 0 amide bonds. The summed E-state index contributed by atoms with van der Waals surface area (Å²) < 4.78 is 0.331. The average Bonchev–Trinajstić information content (AvgIpc) is 2.86. The summed E-state index contributed by atoms with van der Waals surface area (Å²) in [6.45, 7) is 4.62. The Kier molecular flexibility index (Phi) is 3.54. The van der Waals surface area contributed by atoms with E-state index in [1.54, 1.807) is 11.1 Å². The Morgan fingerprint density at radius 3 is 2.59 bits per heavy atom. The van der Waals surface area contributed by atoms with E-state index in [4.69, 9.17) is 0 Å². The van der Waals surface area contributed by atoms with Crippen LogP contribution in [0.3, 0.4) is 0 Å². The van der Waals surface area contributed by atoms with Crippen LogP contribution in [0.25, 0.3) is 0 Å². The van der Waals surface area contributed by atoms with Gasteiger partial charge in [0, 0.05) is 4.75 Å². The number of aryl methyl sites for hydroxylation is 1. The molecule has 2 aliphatic rings.